The minimum absolute atomic E-state index is 0.954. The van der Waals surface area contributed by atoms with Crippen molar-refractivity contribution in [3.05, 3.63) is 338 Å². The van der Waals surface area contributed by atoms with Crippen LogP contribution in [0.3, 0.4) is 0 Å². The number of rotatable bonds is 8. The van der Waals surface area contributed by atoms with Crippen LogP contribution in [0.4, 0.5) is 34.1 Å². The van der Waals surface area contributed by atoms with Crippen LogP contribution in [0.1, 0.15) is 22.3 Å². The smallest absolute Gasteiger partial charge is 0.145 e. The molecule has 0 N–H and O–H groups in total. The molecule has 20 rings (SSSR count). The van der Waals surface area contributed by atoms with Crippen molar-refractivity contribution in [2.75, 3.05) is 9.80 Å². The average molecular weight is 1190 g/mol. The molecular formula is C86H56N4OS. The van der Waals surface area contributed by atoms with Gasteiger partial charge in [0, 0.05) is 104 Å². The van der Waals surface area contributed by atoms with Gasteiger partial charge >= 0.3 is 0 Å². The van der Waals surface area contributed by atoms with E-state index in [2.05, 4.69) is 334 Å². The maximum absolute atomic E-state index is 6.95. The summed E-state index contributed by atoms with van der Waals surface area (Å²) in [6, 6.07) is 114. The molecule has 432 valence electrons. The van der Waals surface area contributed by atoms with Crippen LogP contribution in [0.2, 0.25) is 0 Å². The van der Waals surface area contributed by atoms with Crippen molar-refractivity contribution in [3.8, 4) is 33.6 Å². The summed E-state index contributed by atoms with van der Waals surface area (Å²) in [6.07, 6.45) is 1.97. The zero-order chi connectivity index (χ0) is 60.4. The Labute approximate surface area is 535 Å². The van der Waals surface area contributed by atoms with Gasteiger partial charge in [0.1, 0.15) is 11.2 Å². The van der Waals surface area contributed by atoms with E-state index in [1.54, 1.807) is 0 Å². The normalized spacial score (nSPS) is 12.3. The second-order valence-corrected chi connectivity index (χ2v) is 25.3. The number of hydrogen-bond donors (Lipinski definition) is 0. The number of benzene rings is 14. The first-order chi connectivity index (χ1) is 45.7. The highest BCUT2D eigenvalue weighted by molar-refractivity contribution is 7.27. The Morgan fingerprint density at radius 3 is 1.17 bits per heavy atom. The van der Waals surface area contributed by atoms with Crippen LogP contribution < -0.4 is 9.80 Å². The monoisotopic (exact) mass is 1190 g/mol. The summed E-state index contributed by atoms with van der Waals surface area (Å²) in [4.78, 5) is 4.61. The third-order valence-corrected chi connectivity index (χ3v) is 20.4. The zero-order valence-electron chi connectivity index (χ0n) is 50.0. The third kappa shape index (κ3) is 8.10. The molecular weight excluding hydrogens is 1140 g/mol. The molecule has 0 bridgehead atoms. The van der Waals surface area contributed by atoms with Crippen LogP contribution in [0.5, 0.6) is 0 Å². The molecule has 0 radical (unpaired) electrons. The van der Waals surface area contributed by atoms with E-state index >= 15 is 0 Å². The molecule has 0 saturated heterocycles. The van der Waals surface area contributed by atoms with Crippen molar-refractivity contribution >= 4 is 131 Å². The van der Waals surface area contributed by atoms with E-state index in [1.165, 1.54) is 97.3 Å². The van der Waals surface area contributed by atoms with E-state index < -0.39 is 0 Å². The van der Waals surface area contributed by atoms with Gasteiger partial charge in [-0.15, -0.1) is 11.3 Å². The summed E-state index contributed by atoms with van der Waals surface area (Å²) in [6.45, 7) is 0. The van der Waals surface area contributed by atoms with Crippen LogP contribution in [0, 0.1) is 0 Å². The predicted octanol–water partition coefficient (Wildman–Crippen LogP) is 23.9. The Kier molecular flexibility index (Phi) is 11.9. The summed E-state index contributed by atoms with van der Waals surface area (Å²) < 4.78 is 14.5. The van der Waals surface area contributed by atoms with E-state index in [-0.39, 0.29) is 0 Å². The van der Waals surface area contributed by atoms with E-state index in [1.807, 2.05) is 11.3 Å². The van der Waals surface area contributed by atoms with Crippen molar-refractivity contribution in [1.29, 1.82) is 0 Å². The quantitative estimate of drug-likeness (QED) is 0.152. The number of para-hydroxylation sites is 6. The lowest BCUT2D eigenvalue weighted by Crippen LogP contribution is -2.09. The molecule has 2 aliphatic carbocycles. The number of nitrogens with zero attached hydrogens (tertiary/aromatic N) is 4. The Morgan fingerprint density at radius 1 is 0.261 bits per heavy atom. The lowest BCUT2D eigenvalue weighted by atomic mass is 10.0. The molecule has 0 saturated carbocycles. The van der Waals surface area contributed by atoms with Gasteiger partial charge < -0.3 is 23.4 Å². The number of furan rings is 1. The molecule has 0 atom stereocenters. The van der Waals surface area contributed by atoms with Gasteiger partial charge in [-0.05, 0) is 174 Å². The minimum atomic E-state index is 0.954. The summed E-state index contributed by atoms with van der Waals surface area (Å²) >= 11 is 1.97. The van der Waals surface area contributed by atoms with Gasteiger partial charge in [-0.2, -0.15) is 0 Å². The Hall–Kier alpha value is -11.7. The first kappa shape index (κ1) is 52.3. The van der Waals surface area contributed by atoms with E-state index in [9.17, 15) is 0 Å². The molecule has 6 heteroatoms. The molecule has 0 aliphatic heterocycles. The zero-order valence-corrected chi connectivity index (χ0v) is 50.9. The highest BCUT2D eigenvalue weighted by Gasteiger charge is 2.28. The molecule has 4 heterocycles. The van der Waals surface area contributed by atoms with E-state index in [4.69, 9.17) is 4.42 Å². The van der Waals surface area contributed by atoms with Crippen LogP contribution in [0.15, 0.2) is 320 Å². The Balaban J connectivity index is 0.000000132. The molecule has 0 unspecified atom stereocenters. The first-order valence-corrected chi connectivity index (χ1v) is 32.5. The van der Waals surface area contributed by atoms with Crippen molar-refractivity contribution < 1.29 is 4.42 Å². The second-order valence-electron chi connectivity index (χ2n) is 24.2. The average Bonchev–Trinajstić information content (AvgIpc) is 1.59. The van der Waals surface area contributed by atoms with Crippen LogP contribution in [-0.2, 0) is 12.8 Å². The van der Waals surface area contributed by atoms with Gasteiger partial charge in [0.05, 0.1) is 27.5 Å². The number of hydrogen-bond acceptors (Lipinski definition) is 4. The molecule has 18 aromatic rings. The minimum Gasteiger partial charge on any atom is -0.455 e. The third-order valence-electron chi connectivity index (χ3n) is 19.2. The molecule has 2 aliphatic rings. The molecule has 14 aromatic carbocycles. The van der Waals surface area contributed by atoms with Gasteiger partial charge in [-0.1, -0.05) is 188 Å². The maximum atomic E-state index is 6.95. The van der Waals surface area contributed by atoms with Crippen molar-refractivity contribution in [2.24, 2.45) is 0 Å². The van der Waals surface area contributed by atoms with Gasteiger partial charge in [0.15, 0.2) is 0 Å². The maximum Gasteiger partial charge on any atom is 0.145 e. The summed E-state index contributed by atoms with van der Waals surface area (Å²) in [5, 5.41) is 10.0. The number of anilines is 6. The topological polar surface area (TPSA) is 29.5 Å². The Morgan fingerprint density at radius 2 is 0.641 bits per heavy atom. The highest BCUT2D eigenvalue weighted by Crippen LogP contribution is 2.51. The molecule has 0 amide bonds. The molecule has 0 fully saturated rings. The van der Waals surface area contributed by atoms with Crippen molar-refractivity contribution in [2.45, 2.75) is 12.8 Å². The highest BCUT2D eigenvalue weighted by atomic mass is 32.1. The van der Waals surface area contributed by atoms with Crippen molar-refractivity contribution in [3.63, 3.8) is 0 Å². The van der Waals surface area contributed by atoms with Gasteiger partial charge in [-0.3, -0.25) is 0 Å². The van der Waals surface area contributed by atoms with Crippen LogP contribution in [0.25, 0.3) is 119 Å². The Bertz CT molecular complexity index is 5480. The van der Waals surface area contributed by atoms with Crippen LogP contribution >= 0.6 is 11.3 Å². The first-order valence-electron chi connectivity index (χ1n) is 31.7. The van der Waals surface area contributed by atoms with Gasteiger partial charge in [-0.25, -0.2) is 0 Å². The second kappa shape index (κ2) is 21.0. The fraction of sp³-hybridized carbons (Fsp3) is 0.0233. The standard InChI is InChI=1S/C43H28N2O.C43H28N2S/c2*1-3-12-30(13-4-1)44(31-14-5-2-6-15-31)32-20-22-33(23-21-32)45-38-18-10-9-17-37(38)41-39(45)26-25-36-35-24-19-29-27-28-11-7-8-16-34(28)40(29)42(35)46-43(36)41/h2*1-26H,27H2. The molecule has 4 aromatic heterocycles. The molecule has 0 spiro atoms. The fourth-order valence-corrected chi connectivity index (χ4v) is 16.6. The number of fused-ring (bicyclic) bond motifs is 22. The van der Waals surface area contributed by atoms with Crippen molar-refractivity contribution in [1.82, 2.24) is 9.13 Å². The summed E-state index contributed by atoms with van der Waals surface area (Å²) in [5.74, 6) is 0. The molecule has 92 heavy (non-hydrogen) atoms. The SMILES string of the molecule is c1ccc(N(c2ccccc2)c2ccc(-n3c4ccccc4c4c5oc6c7c(ccc6c5ccc43)Cc3ccccc3-7)cc2)cc1.c1ccc(N(c2ccccc2)c2ccc(-n3c4ccccc4c4c5sc6c7c(ccc6c5ccc43)Cc3ccccc3-7)cc2)cc1. The summed E-state index contributed by atoms with van der Waals surface area (Å²) in [5.41, 5.74) is 26.7. The van der Waals surface area contributed by atoms with E-state index in [0.717, 1.165) is 91.3 Å². The van der Waals surface area contributed by atoms with Gasteiger partial charge in [0.2, 0.25) is 0 Å². The lowest BCUT2D eigenvalue weighted by Gasteiger charge is -2.25. The largest absolute Gasteiger partial charge is 0.455 e. The molecule has 5 nitrogen and oxygen atoms in total. The number of thiophene rings is 1. The van der Waals surface area contributed by atoms with Crippen LogP contribution in [-0.4, -0.2) is 9.13 Å². The number of aromatic nitrogens is 2. The summed E-state index contributed by atoms with van der Waals surface area (Å²) in [7, 11) is 0. The lowest BCUT2D eigenvalue weighted by molar-refractivity contribution is 0.674. The van der Waals surface area contributed by atoms with E-state index in [0.29, 0.717) is 0 Å². The van der Waals surface area contributed by atoms with Gasteiger partial charge in [0.25, 0.3) is 0 Å². The fourth-order valence-electron chi connectivity index (χ4n) is 15.2. The predicted molar refractivity (Wildman–Crippen MR) is 388 cm³/mol.